The van der Waals surface area contributed by atoms with E-state index in [1.54, 1.807) is 0 Å². The molecule has 1 fully saturated rings. The van der Waals surface area contributed by atoms with Gasteiger partial charge in [0.05, 0.1) is 6.04 Å². The average molecular weight is 285 g/mol. The van der Waals surface area contributed by atoms with E-state index in [4.69, 9.17) is 12.2 Å². The summed E-state index contributed by atoms with van der Waals surface area (Å²) in [6.45, 7) is 2.01. The highest BCUT2D eigenvalue weighted by Gasteiger charge is 2.38. The average Bonchev–Trinajstić information content (AvgIpc) is 2.57. The topological polar surface area (TPSA) is 61.4 Å². The van der Waals surface area contributed by atoms with Gasteiger partial charge in [-0.1, -0.05) is 16.3 Å². The van der Waals surface area contributed by atoms with Crippen molar-refractivity contribution in [3.8, 4) is 0 Å². The van der Waals surface area contributed by atoms with E-state index < -0.39 is 10.2 Å². The van der Waals surface area contributed by atoms with Crippen LogP contribution in [0.5, 0.6) is 0 Å². The molecule has 1 unspecified atom stereocenters. The fourth-order valence-corrected chi connectivity index (χ4v) is 3.98. The van der Waals surface area contributed by atoms with Crippen LogP contribution in [0.15, 0.2) is 24.3 Å². The van der Waals surface area contributed by atoms with E-state index in [-0.39, 0.29) is 11.8 Å². The van der Waals surface area contributed by atoms with Crippen molar-refractivity contribution in [1.82, 2.24) is 5.32 Å². The molecule has 1 aliphatic heterocycles. The first kappa shape index (κ1) is 13.5. The van der Waals surface area contributed by atoms with Crippen LogP contribution in [0.2, 0.25) is 0 Å². The molecule has 1 aromatic rings. The lowest BCUT2D eigenvalue weighted by atomic mass is 10.2. The molecule has 0 amide bonds. The van der Waals surface area contributed by atoms with Gasteiger partial charge < -0.3 is 10.6 Å². The maximum atomic E-state index is 11.4. The SMILES string of the molecule is Cc1cccc(NC(=S)N[C@@H]2CC[S+](=O)(O)C2)c1. The Bertz CT molecular complexity index is 505. The van der Waals surface area contributed by atoms with Crippen LogP contribution in [0.25, 0.3) is 0 Å². The van der Waals surface area contributed by atoms with E-state index in [1.807, 2.05) is 31.2 Å². The van der Waals surface area contributed by atoms with Crippen LogP contribution >= 0.6 is 12.2 Å². The quantitative estimate of drug-likeness (QED) is 0.573. The Morgan fingerprint density at radius 3 is 2.94 bits per heavy atom. The fraction of sp³-hybridized carbons (Fsp3) is 0.417. The number of hydrogen-bond acceptors (Lipinski definition) is 2. The Kier molecular flexibility index (Phi) is 3.99. The molecule has 1 aromatic carbocycles. The summed E-state index contributed by atoms with van der Waals surface area (Å²) in [6, 6.07) is 7.89. The van der Waals surface area contributed by atoms with Gasteiger partial charge in [0, 0.05) is 12.1 Å². The molecule has 1 heterocycles. The summed E-state index contributed by atoms with van der Waals surface area (Å²) in [4.78, 5) is 0. The largest absolute Gasteiger partial charge is 0.355 e. The van der Waals surface area contributed by atoms with Gasteiger partial charge in [0.2, 0.25) is 10.2 Å². The predicted octanol–water partition coefficient (Wildman–Crippen LogP) is 2.03. The van der Waals surface area contributed by atoms with E-state index in [0.29, 0.717) is 17.3 Å². The molecule has 0 saturated carbocycles. The Balaban J connectivity index is 1.88. The smallest absolute Gasteiger partial charge is 0.216 e. The zero-order valence-electron chi connectivity index (χ0n) is 10.2. The van der Waals surface area contributed by atoms with Crippen molar-refractivity contribution in [1.29, 1.82) is 0 Å². The van der Waals surface area contributed by atoms with Crippen molar-refractivity contribution in [3.05, 3.63) is 29.8 Å². The summed E-state index contributed by atoms with van der Waals surface area (Å²) in [5.41, 5.74) is 2.08. The third-order valence-corrected chi connectivity index (χ3v) is 4.87. The number of aryl methyl sites for hydroxylation is 1. The van der Waals surface area contributed by atoms with Gasteiger partial charge in [-0.3, -0.25) is 0 Å². The second kappa shape index (κ2) is 5.34. The predicted molar refractivity (Wildman–Crippen MR) is 79.4 cm³/mol. The number of hydrogen-bond donors (Lipinski definition) is 3. The Morgan fingerprint density at radius 1 is 1.56 bits per heavy atom. The van der Waals surface area contributed by atoms with Crippen molar-refractivity contribution in [2.45, 2.75) is 19.4 Å². The van der Waals surface area contributed by atoms with E-state index in [1.165, 1.54) is 0 Å². The second-order valence-electron chi connectivity index (χ2n) is 4.60. The number of benzene rings is 1. The van der Waals surface area contributed by atoms with Gasteiger partial charge in [0.1, 0.15) is 5.75 Å². The molecule has 0 aliphatic carbocycles. The molecule has 0 bridgehead atoms. The lowest BCUT2D eigenvalue weighted by Gasteiger charge is -2.13. The third kappa shape index (κ3) is 3.76. The number of nitrogens with one attached hydrogen (secondary N) is 2. The minimum absolute atomic E-state index is 0.00712. The van der Waals surface area contributed by atoms with Gasteiger partial charge in [0.15, 0.2) is 10.9 Å². The molecule has 6 heteroatoms. The van der Waals surface area contributed by atoms with Gasteiger partial charge in [-0.2, -0.15) is 4.55 Å². The molecule has 1 saturated heterocycles. The molecule has 18 heavy (non-hydrogen) atoms. The molecule has 0 spiro atoms. The molecule has 2 rings (SSSR count). The Labute approximate surface area is 113 Å². The molecule has 1 aliphatic rings. The Hall–Kier alpha value is -0.980. The molecule has 0 aromatic heterocycles. The highest BCUT2D eigenvalue weighted by molar-refractivity contribution is 7.98. The maximum Gasteiger partial charge on any atom is 0.216 e. The normalized spacial score (nSPS) is 26.9. The van der Waals surface area contributed by atoms with Gasteiger partial charge >= 0.3 is 0 Å². The minimum atomic E-state index is -2.62. The van der Waals surface area contributed by atoms with E-state index >= 15 is 0 Å². The summed E-state index contributed by atoms with van der Waals surface area (Å²) < 4.78 is 20.9. The van der Waals surface area contributed by atoms with Crippen molar-refractivity contribution in [2.75, 3.05) is 16.8 Å². The highest BCUT2D eigenvalue weighted by atomic mass is 32.3. The van der Waals surface area contributed by atoms with E-state index in [9.17, 15) is 8.76 Å². The van der Waals surface area contributed by atoms with Crippen molar-refractivity contribution < 1.29 is 8.76 Å². The van der Waals surface area contributed by atoms with Gasteiger partial charge in [0.25, 0.3) is 0 Å². The minimum Gasteiger partial charge on any atom is -0.355 e. The molecular formula is C12H17N2O2S2+. The van der Waals surface area contributed by atoms with Crippen LogP contribution in [0, 0.1) is 6.92 Å². The maximum absolute atomic E-state index is 11.4. The van der Waals surface area contributed by atoms with Crippen LogP contribution in [0.4, 0.5) is 5.69 Å². The second-order valence-corrected chi connectivity index (χ2v) is 7.29. The van der Waals surface area contributed by atoms with Crippen molar-refractivity contribution in [2.24, 2.45) is 0 Å². The first-order valence-electron chi connectivity index (χ1n) is 5.81. The molecule has 0 radical (unpaired) electrons. The zero-order chi connectivity index (χ0) is 13.2. The molecule has 2 atom stereocenters. The fourth-order valence-electron chi connectivity index (χ4n) is 2.00. The number of rotatable bonds is 2. The van der Waals surface area contributed by atoms with Crippen LogP contribution in [-0.2, 0) is 14.4 Å². The third-order valence-electron chi connectivity index (χ3n) is 2.86. The van der Waals surface area contributed by atoms with Gasteiger partial charge in [-0.15, -0.1) is 0 Å². The standard InChI is InChI=1S/C12H16N2O2S2/c1-9-3-2-4-10(7-9)13-12(17)14-11-5-6-18(15,16)8-11/h2-4,7,11H,5-6,8H2,1H3,(H2-,13,14,15,16,17)/p+1/t11-/m1/s1. The zero-order valence-corrected chi connectivity index (χ0v) is 11.8. The Morgan fingerprint density at radius 2 is 2.33 bits per heavy atom. The lowest BCUT2D eigenvalue weighted by Crippen LogP contribution is -2.38. The summed E-state index contributed by atoms with van der Waals surface area (Å²) in [7, 11) is -2.62. The first-order chi connectivity index (χ1) is 8.44. The van der Waals surface area contributed by atoms with E-state index in [0.717, 1.165) is 11.3 Å². The number of thiocarbonyl (C=S) groups is 1. The number of anilines is 1. The summed E-state index contributed by atoms with van der Waals surface area (Å²) in [5.74, 6) is 0.639. The summed E-state index contributed by atoms with van der Waals surface area (Å²) in [5, 5.41) is 6.67. The van der Waals surface area contributed by atoms with Crippen molar-refractivity contribution >= 4 is 33.2 Å². The first-order valence-corrected chi connectivity index (χ1v) is 8.07. The van der Waals surface area contributed by atoms with Crippen LogP contribution < -0.4 is 10.6 Å². The summed E-state index contributed by atoms with van der Waals surface area (Å²) >= 11 is 5.19. The van der Waals surface area contributed by atoms with Crippen molar-refractivity contribution in [3.63, 3.8) is 0 Å². The van der Waals surface area contributed by atoms with Gasteiger partial charge in [-0.25, -0.2) is 0 Å². The molecule has 98 valence electrons. The summed E-state index contributed by atoms with van der Waals surface area (Å²) in [6.07, 6.45) is 0.685. The van der Waals surface area contributed by atoms with Gasteiger partial charge in [-0.05, 0) is 36.8 Å². The monoisotopic (exact) mass is 285 g/mol. The van der Waals surface area contributed by atoms with Crippen LogP contribution in [-0.4, -0.2) is 27.2 Å². The highest BCUT2D eigenvalue weighted by Crippen LogP contribution is 2.17. The van der Waals surface area contributed by atoms with Crippen LogP contribution in [0.1, 0.15) is 12.0 Å². The van der Waals surface area contributed by atoms with Crippen LogP contribution in [0.3, 0.4) is 0 Å². The molecular weight excluding hydrogens is 268 g/mol. The molecule has 4 nitrogen and oxygen atoms in total. The van der Waals surface area contributed by atoms with E-state index in [2.05, 4.69) is 10.6 Å². The molecule has 3 N–H and O–H groups in total. The lowest BCUT2D eigenvalue weighted by molar-refractivity contribution is 0.502.